The second-order valence-electron chi connectivity index (χ2n) is 8.75. The number of aromatic nitrogens is 5. The smallest absolute Gasteiger partial charge is 0.330 e. The average molecular weight is 500 g/mol. The van der Waals surface area contributed by atoms with Gasteiger partial charge in [-0.25, -0.2) is 4.79 Å². The van der Waals surface area contributed by atoms with Crippen LogP contribution in [0.4, 0.5) is 11.5 Å². The van der Waals surface area contributed by atoms with E-state index in [1.54, 1.807) is 0 Å². The quantitative estimate of drug-likeness (QED) is 0.388. The molecule has 0 radical (unpaired) electrons. The number of nitrogens with one attached hydrogen (secondary N) is 1. The van der Waals surface area contributed by atoms with Crippen LogP contribution in [0.2, 0.25) is 0 Å². The van der Waals surface area contributed by atoms with E-state index in [1.807, 2.05) is 62.7 Å². The van der Waals surface area contributed by atoms with E-state index in [9.17, 15) is 14.4 Å². The highest BCUT2D eigenvalue weighted by Crippen LogP contribution is 2.25. The summed E-state index contributed by atoms with van der Waals surface area (Å²) in [6, 6.07) is 9.67. The molecule has 1 amide bonds. The lowest BCUT2D eigenvalue weighted by Crippen LogP contribution is -2.42. The zero-order valence-corrected chi connectivity index (χ0v) is 21.5. The number of unbranched alkanes of at least 4 members (excludes halogenated alkanes) is 1. The summed E-state index contributed by atoms with van der Waals surface area (Å²) in [6.45, 7) is 6.76. The molecule has 35 heavy (non-hydrogen) atoms. The number of hydrogen-bond acceptors (Lipinski definition) is 7. The Morgan fingerprint density at radius 2 is 1.91 bits per heavy atom. The van der Waals surface area contributed by atoms with Crippen LogP contribution < -0.4 is 21.9 Å². The Labute approximate surface area is 208 Å². The molecule has 3 aromatic rings. The zero-order chi connectivity index (χ0) is 25.5. The van der Waals surface area contributed by atoms with Crippen molar-refractivity contribution in [2.45, 2.75) is 51.7 Å². The summed E-state index contributed by atoms with van der Waals surface area (Å²) in [7, 11) is 1.85. The van der Waals surface area contributed by atoms with Crippen molar-refractivity contribution in [1.29, 1.82) is 0 Å². The van der Waals surface area contributed by atoms with Crippen LogP contribution in [-0.4, -0.2) is 42.5 Å². The number of nitrogens with zero attached hydrogens (tertiary/aromatic N) is 5. The van der Waals surface area contributed by atoms with E-state index in [-0.39, 0.29) is 23.2 Å². The second-order valence-corrected chi connectivity index (χ2v) is 9.69. The highest BCUT2D eigenvalue weighted by Gasteiger charge is 2.25. The molecule has 2 aromatic heterocycles. The van der Waals surface area contributed by atoms with E-state index in [0.29, 0.717) is 36.4 Å². The summed E-state index contributed by atoms with van der Waals surface area (Å²) in [5.74, 6) is 0.751. The summed E-state index contributed by atoms with van der Waals surface area (Å²) in [6.07, 6.45) is 2.25. The number of H-pyrrole nitrogens is 1. The minimum atomic E-state index is -0.660. The summed E-state index contributed by atoms with van der Waals surface area (Å²) in [5.41, 5.74) is 6.01. The molecule has 0 aliphatic heterocycles. The third-order valence-electron chi connectivity index (χ3n) is 5.64. The Kier molecular flexibility index (Phi) is 8.91. The number of nitrogen functional groups attached to an aromatic ring is 1. The highest BCUT2D eigenvalue weighted by molar-refractivity contribution is 7.99. The van der Waals surface area contributed by atoms with Crippen molar-refractivity contribution in [3.8, 4) is 11.4 Å². The third kappa shape index (κ3) is 6.21. The van der Waals surface area contributed by atoms with Crippen LogP contribution in [0.3, 0.4) is 0 Å². The van der Waals surface area contributed by atoms with Crippen molar-refractivity contribution in [2.24, 2.45) is 13.0 Å². The topological polar surface area (TPSA) is 132 Å². The molecule has 1 aromatic carbocycles. The molecule has 188 valence electrons. The van der Waals surface area contributed by atoms with Crippen LogP contribution in [0.25, 0.3) is 11.4 Å². The highest BCUT2D eigenvalue weighted by atomic mass is 32.2. The summed E-state index contributed by atoms with van der Waals surface area (Å²) < 4.78 is 3.16. The SMILES string of the molecule is CCCCn1c(N)c(N(CCC(C)C)C(=O)CSc2nnc(-c3ccccc3)n2C)c(=O)[nH]c1=O. The predicted molar refractivity (Wildman–Crippen MR) is 140 cm³/mol. The second kappa shape index (κ2) is 11.9. The third-order valence-corrected chi connectivity index (χ3v) is 6.65. The van der Waals surface area contributed by atoms with Crippen molar-refractivity contribution < 1.29 is 4.79 Å². The Morgan fingerprint density at radius 3 is 2.57 bits per heavy atom. The molecule has 10 nitrogen and oxygen atoms in total. The van der Waals surface area contributed by atoms with Crippen molar-refractivity contribution in [3.05, 3.63) is 51.2 Å². The lowest BCUT2D eigenvalue weighted by molar-refractivity contribution is -0.116. The monoisotopic (exact) mass is 499 g/mol. The van der Waals surface area contributed by atoms with Gasteiger partial charge in [0.15, 0.2) is 16.7 Å². The average Bonchev–Trinajstić information content (AvgIpc) is 3.19. The fourth-order valence-corrected chi connectivity index (χ4v) is 4.40. The van der Waals surface area contributed by atoms with Gasteiger partial charge in [-0.3, -0.25) is 19.1 Å². The summed E-state index contributed by atoms with van der Waals surface area (Å²) in [4.78, 5) is 42.3. The van der Waals surface area contributed by atoms with E-state index in [2.05, 4.69) is 15.2 Å². The number of carbonyl (C=O) groups excluding carboxylic acids is 1. The normalized spacial score (nSPS) is 11.2. The van der Waals surface area contributed by atoms with E-state index in [0.717, 1.165) is 18.4 Å². The lowest BCUT2D eigenvalue weighted by atomic mass is 10.1. The Balaban J connectivity index is 1.88. The predicted octanol–water partition coefficient (Wildman–Crippen LogP) is 2.89. The largest absolute Gasteiger partial charge is 0.383 e. The molecule has 2 heterocycles. The van der Waals surface area contributed by atoms with Gasteiger partial charge in [0, 0.05) is 25.7 Å². The molecular weight excluding hydrogens is 466 g/mol. The van der Waals surface area contributed by atoms with Crippen LogP contribution in [0.15, 0.2) is 45.1 Å². The van der Waals surface area contributed by atoms with E-state index >= 15 is 0 Å². The number of amides is 1. The molecule has 0 aliphatic carbocycles. The number of hydrogen-bond donors (Lipinski definition) is 2. The van der Waals surface area contributed by atoms with Crippen LogP contribution in [0, 0.1) is 5.92 Å². The first-order valence-electron chi connectivity index (χ1n) is 11.7. The number of nitrogens with two attached hydrogens (primary N) is 1. The van der Waals surface area contributed by atoms with Crippen molar-refractivity contribution in [3.63, 3.8) is 0 Å². The van der Waals surface area contributed by atoms with Gasteiger partial charge in [0.2, 0.25) is 5.91 Å². The van der Waals surface area contributed by atoms with Crippen LogP contribution in [0.1, 0.15) is 40.0 Å². The van der Waals surface area contributed by atoms with Gasteiger partial charge < -0.3 is 15.2 Å². The minimum absolute atomic E-state index is 0.0133. The molecule has 0 fully saturated rings. The van der Waals surface area contributed by atoms with Crippen LogP contribution in [-0.2, 0) is 18.4 Å². The first-order chi connectivity index (χ1) is 16.7. The fourth-order valence-electron chi connectivity index (χ4n) is 3.61. The first-order valence-corrected chi connectivity index (χ1v) is 12.7. The Morgan fingerprint density at radius 1 is 1.20 bits per heavy atom. The van der Waals surface area contributed by atoms with Gasteiger partial charge in [-0.05, 0) is 18.8 Å². The Bertz CT molecular complexity index is 1260. The van der Waals surface area contributed by atoms with Gasteiger partial charge in [0.1, 0.15) is 5.82 Å². The molecule has 3 N–H and O–H groups in total. The van der Waals surface area contributed by atoms with E-state index in [4.69, 9.17) is 5.73 Å². The molecule has 0 saturated carbocycles. The molecule has 0 saturated heterocycles. The molecule has 0 unspecified atom stereocenters. The first kappa shape index (κ1) is 26.3. The minimum Gasteiger partial charge on any atom is -0.383 e. The molecule has 0 spiro atoms. The number of aromatic amines is 1. The van der Waals surface area contributed by atoms with Gasteiger partial charge in [-0.1, -0.05) is 69.3 Å². The molecular formula is C24H33N7O3S. The standard InChI is InChI=1S/C24H33N7O3S/c1-5-6-13-31-20(25)19(22(33)26-23(31)34)30(14-12-16(2)3)18(32)15-35-24-28-27-21(29(24)4)17-10-8-7-9-11-17/h7-11,16H,5-6,12-15,25H2,1-4H3,(H,26,33,34). The maximum Gasteiger partial charge on any atom is 0.330 e. The van der Waals surface area contributed by atoms with E-state index < -0.39 is 11.2 Å². The van der Waals surface area contributed by atoms with Crippen LogP contribution >= 0.6 is 11.8 Å². The Hall–Kier alpha value is -3.34. The van der Waals surface area contributed by atoms with Gasteiger partial charge in [0.05, 0.1) is 5.75 Å². The number of carbonyl (C=O) groups is 1. The number of anilines is 2. The van der Waals surface area contributed by atoms with Gasteiger partial charge in [0.25, 0.3) is 5.56 Å². The summed E-state index contributed by atoms with van der Waals surface area (Å²) in [5, 5.41) is 9.07. The molecule has 0 bridgehead atoms. The van der Waals surface area contributed by atoms with Gasteiger partial charge in [-0.15, -0.1) is 10.2 Å². The van der Waals surface area contributed by atoms with Crippen molar-refractivity contribution in [2.75, 3.05) is 22.9 Å². The molecule has 0 aliphatic rings. The molecule has 11 heteroatoms. The molecule has 0 atom stereocenters. The number of rotatable bonds is 11. The number of thioether (sulfide) groups is 1. The zero-order valence-electron chi connectivity index (χ0n) is 20.7. The van der Waals surface area contributed by atoms with E-state index in [1.165, 1.54) is 21.2 Å². The van der Waals surface area contributed by atoms with Crippen molar-refractivity contribution >= 4 is 29.2 Å². The summed E-state index contributed by atoms with van der Waals surface area (Å²) >= 11 is 1.24. The maximum atomic E-state index is 13.4. The maximum absolute atomic E-state index is 13.4. The fraction of sp³-hybridized carbons (Fsp3) is 0.458. The lowest BCUT2D eigenvalue weighted by Gasteiger charge is -2.25. The van der Waals surface area contributed by atoms with Gasteiger partial charge >= 0.3 is 5.69 Å². The van der Waals surface area contributed by atoms with Crippen LogP contribution in [0.5, 0.6) is 0 Å². The number of benzene rings is 1. The molecule has 3 rings (SSSR count). The van der Waals surface area contributed by atoms with Crippen molar-refractivity contribution in [1.82, 2.24) is 24.3 Å². The van der Waals surface area contributed by atoms with Gasteiger partial charge in [-0.2, -0.15) is 0 Å².